The summed E-state index contributed by atoms with van der Waals surface area (Å²) in [6.45, 7) is 2.70. The molecular weight excluding hydrogens is 201 g/mol. The smallest absolute Gasteiger partial charge is 0.168 e. The molecule has 0 aliphatic carbocycles. The van der Waals surface area contributed by atoms with Gasteiger partial charge in [-0.1, -0.05) is 0 Å². The number of hydrogen-bond acceptors (Lipinski definition) is 2. The van der Waals surface area contributed by atoms with E-state index in [9.17, 15) is 4.39 Å². The van der Waals surface area contributed by atoms with E-state index in [1.54, 1.807) is 6.07 Å². The molecule has 0 radical (unpaired) electrons. The van der Waals surface area contributed by atoms with Gasteiger partial charge >= 0.3 is 0 Å². The third-order valence-electron chi connectivity index (χ3n) is 1.61. The molecule has 0 saturated heterocycles. The fraction of sp³-hybridized carbons (Fsp3) is 0.222. The zero-order valence-corrected chi connectivity index (χ0v) is 8.62. The van der Waals surface area contributed by atoms with Crippen LogP contribution >= 0.6 is 12.2 Å². The molecule has 5 heteroatoms. The van der Waals surface area contributed by atoms with Gasteiger partial charge in [0.1, 0.15) is 5.82 Å². The lowest BCUT2D eigenvalue weighted by Crippen LogP contribution is -2.20. The van der Waals surface area contributed by atoms with E-state index in [1.807, 2.05) is 6.92 Å². The summed E-state index contributed by atoms with van der Waals surface area (Å²) in [6.07, 6.45) is 0. The van der Waals surface area contributed by atoms with E-state index in [4.69, 9.17) is 5.73 Å². The minimum absolute atomic E-state index is 0.120. The van der Waals surface area contributed by atoms with Crippen molar-refractivity contribution in [2.45, 2.75) is 6.92 Å². The molecule has 0 spiro atoms. The average molecular weight is 213 g/mol. The number of nitrogens with one attached hydrogen (secondary N) is 2. The molecular formula is C9H12FN3S. The van der Waals surface area contributed by atoms with Crippen LogP contribution < -0.4 is 16.4 Å². The van der Waals surface area contributed by atoms with Gasteiger partial charge in [-0.05, 0) is 37.3 Å². The van der Waals surface area contributed by atoms with Crippen LogP contribution in [0.1, 0.15) is 6.92 Å². The fourth-order valence-corrected chi connectivity index (χ4v) is 1.21. The minimum Gasteiger partial charge on any atom is -0.384 e. The molecule has 1 aromatic carbocycles. The van der Waals surface area contributed by atoms with Crippen molar-refractivity contribution < 1.29 is 4.39 Å². The zero-order chi connectivity index (χ0) is 10.6. The van der Waals surface area contributed by atoms with Gasteiger partial charge in [0.15, 0.2) is 5.11 Å². The summed E-state index contributed by atoms with van der Waals surface area (Å²) in [5.74, 6) is -0.328. The van der Waals surface area contributed by atoms with Gasteiger partial charge < -0.3 is 16.4 Å². The highest BCUT2D eigenvalue weighted by Gasteiger charge is 2.03. The Morgan fingerprint density at radius 2 is 2.21 bits per heavy atom. The van der Waals surface area contributed by atoms with Gasteiger partial charge in [-0.2, -0.15) is 0 Å². The molecule has 0 aliphatic heterocycles. The number of halogens is 1. The Hall–Kier alpha value is -1.36. The van der Waals surface area contributed by atoms with Gasteiger partial charge in [0.25, 0.3) is 0 Å². The highest BCUT2D eigenvalue weighted by Crippen LogP contribution is 2.22. The molecule has 3 nitrogen and oxygen atoms in total. The first-order valence-electron chi connectivity index (χ1n) is 4.23. The molecule has 0 atom stereocenters. The topological polar surface area (TPSA) is 50.1 Å². The van der Waals surface area contributed by atoms with Crippen LogP contribution in [-0.4, -0.2) is 11.7 Å². The predicted octanol–water partition coefficient (Wildman–Crippen LogP) is 1.91. The molecule has 4 N–H and O–H groups in total. The van der Waals surface area contributed by atoms with Crippen molar-refractivity contribution in [2.75, 3.05) is 17.2 Å². The lowest BCUT2D eigenvalue weighted by atomic mass is 10.2. The van der Waals surface area contributed by atoms with Crippen molar-refractivity contribution in [3.05, 3.63) is 24.0 Å². The van der Waals surface area contributed by atoms with E-state index in [0.717, 1.165) is 12.2 Å². The van der Waals surface area contributed by atoms with Crippen LogP contribution in [0.4, 0.5) is 15.8 Å². The van der Waals surface area contributed by atoms with E-state index >= 15 is 0 Å². The van der Waals surface area contributed by atoms with Crippen molar-refractivity contribution >= 4 is 28.7 Å². The van der Waals surface area contributed by atoms with E-state index in [0.29, 0.717) is 5.69 Å². The second kappa shape index (κ2) is 4.76. The summed E-state index contributed by atoms with van der Waals surface area (Å²) in [5, 5.41) is 5.89. The van der Waals surface area contributed by atoms with Gasteiger partial charge in [-0.25, -0.2) is 4.39 Å². The molecule has 1 aromatic rings. The van der Waals surface area contributed by atoms with Gasteiger partial charge in [-0.15, -0.1) is 0 Å². The first-order chi connectivity index (χ1) is 6.63. The van der Waals surface area contributed by atoms with Crippen molar-refractivity contribution in [1.82, 2.24) is 0 Å². The Balaban J connectivity index is 2.96. The van der Waals surface area contributed by atoms with Crippen molar-refractivity contribution in [1.29, 1.82) is 0 Å². The summed E-state index contributed by atoms with van der Waals surface area (Å²) < 4.78 is 12.9. The largest absolute Gasteiger partial charge is 0.384 e. The van der Waals surface area contributed by atoms with E-state index in [-0.39, 0.29) is 10.9 Å². The van der Waals surface area contributed by atoms with Crippen LogP contribution in [0, 0.1) is 5.82 Å². The lowest BCUT2D eigenvalue weighted by Gasteiger charge is -2.11. The highest BCUT2D eigenvalue weighted by molar-refractivity contribution is 7.80. The number of hydrogen-bond donors (Lipinski definition) is 3. The van der Waals surface area contributed by atoms with Crippen molar-refractivity contribution in [2.24, 2.45) is 5.73 Å². The van der Waals surface area contributed by atoms with Crippen LogP contribution in [0.2, 0.25) is 0 Å². The molecule has 0 amide bonds. The number of anilines is 2. The monoisotopic (exact) mass is 213 g/mol. The summed E-state index contributed by atoms with van der Waals surface area (Å²) >= 11 is 4.68. The normalized spacial score (nSPS) is 9.57. The number of benzene rings is 1. The number of thiocarbonyl (C=S) groups is 1. The molecule has 0 unspecified atom stereocenters. The Bertz CT molecular complexity index is 341. The third-order valence-corrected chi connectivity index (χ3v) is 1.71. The standard InChI is InChI=1S/C9H12FN3S/c1-2-12-7-4-3-6(10)5-8(7)13-9(11)14/h3-5,12H,2H2,1H3,(H3,11,13,14). The Morgan fingerprint density at radius 3 is 2.79 bits per heavy atom. The van der Waals surface area contributed by atoms with Crippen LogP contribution in [0.5, 0.6) is 0 Å². The quantitative estimate of drug-likeness (QED) is 0.671. The molecule has 0 heterocycles. The minimum atomic E-state index is -0.328. The Morgan fingerprint density at radius 1 is 1.50 bits per heavy atom. The predicted molar refractivity (Wildman–Crippen MR) is 61.0 cm³/mol. The molecule has 0 bridgehead atoms. The maximum atomic E-state index is 12.9. The van der Waals surface area contributed by atoms with Crippen LogP contribution in [0.25, 0.3) is 0 Å². The molecule has 14 heavy (non-hydrogen) atoms. The van der Waals surface area contributed by atoms with Gasteiger partial charge in [0.2, 0.25) is 0 Å². The first-order valence-corrected chi connectivity index (χ1v) is 4.64. The number of rotatable bonds is 3. The molecule has 0 aromatic heterocycles. The van der Waals surface area contributed by atoms with E-state index < -0.39 is 0 Å². The van der Waals surface area contributed by atoms with E-state index in [2.05, 4.69) is 22.9 Å². The third kappa shape index (κ3) is 2.85. The summed E-state index contributed by atoms with van der Waals surface area (Å²) in [4.78, 5) is 0. The second-order valence-electron chi connectivity index (χ2n) is 2.71. The average Bonchev–Trinajstić information content (AvgIpc) is 2.09. The molecule has 0 saturated carbocycles. The SMILES string of the molecule is CCNc1ccc(F)cc1NC(N)=S. The first kappa shape index (κ1) is 10.7. The Kier molecular flexibility index (Phi) is 3.64. The summed E-state index contributed by atoms with van der Waals surface area (Å²) in [6, 6.07) is 4.36. The van der Waals surface area contributed by atoms with Gasteiger partial charge in [0.05, 0.1) is 11.4 Å². The molecule has 76 valence electrons. The maximum Gasteiger partial charge on any atom is 0.168 e. The van der Waals surface area contributed by atoms with Gasteiger partial charge in [-0.3, -0.25) is 0 Å². The lowest BCUT2D eigenvalue weighted by molar-refractivity contribution is 0.628. The van der Waals surface area contributed by atoms with Crippen molar-refractivity contribution in [3.63, 3.8) is 0 Å². The zero-order valence-electron chi connectivity index (χ0n) is 7.80. The number of nitrogens with two attached hydrogens (primary N) is 1. The fourth-order valence-electron chi connectivity index (χ4n) is 1.10. The summed E-state index contributed by atoms with van der Waals surface area (Å²) in [7, 11) is 0. The molecule has 0 fully saturated rings. The van der Waals surface area contributed by atoms with Crippen LogP contribution in [0.3, 0.4) is 0 Å². The highest BCUT2D eigenvalue weighted by atomic mass is 32.1. The molecule has 1 rings (SSSR count). The van der Waals surface area contributed by atoms with Crippen LogP contribution in [-0.2, 0) is 0 Å². The van der Waals surface area contributed by atoms with Crippen LogP contribution in [0.15, 0.2) is 18.2 Å². The molecule has 0 aliphatic rings. The Labute approximate surface area is 87.5 Å². The maximum absolute atomic E-state index is 12.9. The second-order valence-corrected chi connectivity index (χ2v) is 3.15. The van der Waals surface area contributed by atoms with E-state index in [1.165, 1.54) is 12.1 Å². The summed E-state index contributed by atoms with van der Waals surface area (Å²) in [5.41, 5.74) is 6.64. The van der Waals surface area contributed by atoms with Crippen molar-refractivity contribution in [3.8, 4) is 0 Å². The van der Waals surface area contributed by atoms with Gasteiger partial charge in [0, 0.05) is 6.54 Å².